The maximum absolute atomic E-state index is 5.89. The molecule has 68 valence electrons. The molecule has 0 spiro atoms. The molecule has 2 aromatic heterocycles. The summed E-state index contributed by atoms with van der Waals surface area (Å²) in [7, 11) is 0. The van der Waals surface area contributed by atoms with E-state index in [4.69, 9.17) is 27.6 Å². The summed E-state index contributed by atoms with van der Waals surface area (Å²) in [6, 6.07) is 1.85. The fraction of sp³-hybridized carbons (Fsp3) is 0.222. The van der Waals surface area contributed by atoms with Crippen LogP contribution in [-0.2, 0) is 0 Å². The van der Waals surface area contributed by atoms with Gasteiger partial charge in [0.2, 0.25) is 0 Å². The van der Waals surface area contributed by atoms with E-state index in [1.54, 1.807) is 6.20 Å². The maximum Gasteiger partial charge on any atom is 0.153 e. The minimum absolute atomic E-state index is 0.115. The normalized spacial score (nSPS) is 13.5. The van der Waals surface area contributed by atoms with Gasteiger partial charge < -0.3 is 4.42 Å². The Morgan fingerprint density at radius 3 is 3.00 bits per heavy atom. The van der Waals surface area contributed by atoms with Crippen LogP contribution in [0.4, 0.5) is 0 Å². The molecule has 1 unspecified atom stereocenters. The zero-order valence-corrected chi connectivity index (χ0v) is 8.43. The fourth-order valence-corrected chi connectivity index (χ4v) is 1.45. The highest BCUT2D eigenvalue weighted by Crippen LogP contribution is 2.28. The highest BCUT2D eigenvalue weighted by molar-refractivity contribution is 6.35. The predicted molar refractivity (Wildman–Crippen MR) is 53.3 cm³/mol. The molecule has 0 aromatic carbocycles. The fourth-order valence-electron chi connectivity index (χ4n) is 1.14. The van der Waals surface area contributed by atoms with E-state index in [9.17, 15) is 0 Å². The standard InChI is InChI=1S/C9H7Cl2NO/c1-5(10)8-2-6-7(11)4-13-9(6)3-12-8/h2-5H,1H3. The van der Waals surface area contributed by atoms with Crippen molar-refractivity contribution < 1.29 is 4.42 Å². The van der Waals surface area contributed by atoms with Crippen LogP contribution in [0.1, 0.15) is 18.0 Å². The summed E-state index contributed by atoms with van der Waals surface area (Å²) in [6.45, 7) is 1.86. The van der Waals surface area contributed by atoms with Gasteiger partial charge in [-0.3, -0.25) is 4.98 Å². The van der Waals surface area contributed by atoms with Gasteiger partial charge in [-0.1, -0.05) is 11.6 Å². The third-order valence-corrected chi connectivity index (χ3v) is 2.36. The Morgan fingerprint density at radius 2 is 2.31 bits per heavy atom. The van der Waals surface area contributed by atoms with Crippen LogP contribution in [-0.4, -0.2) is 4.98 Å². The summed E-state index contributed by atoms with van der Waals surface area (Å²) in [6.07, 6.45) is 3.13. The molecule has 4 heteroatoms. The van der Waals surface area contributed by atoms with Gasteiger partial charge in [0.25, 0.3) is 0 Å². The third kappa shape index (κ3) is 1.52. The van der Waals surface area contributed by atoms with E-state index in [0.29, 0.717) is 10.6 Å². The van der Waals surface area contributed by atoms with E-state index in [0.717, 1.165) is 11.1 Å². The van der Waals surface area contributed by atoms with Gasteiger partial charge in [-0.2, -0.15) is 0 Å². The van der Waals surface area contributed by atoms with Crippen molar-refractivity contribution in [1.29, 1.82) is 0 Å². The van der Waals surface area contributed by atoms with E-state index in [1.165, 1.54) is 6.26 Å². The second kappa shape index (κ2) is 3.20. The molecule has 1 atom stereocenters. The van der Waals surface area contributed by atoms with E-state index in [2.05, 4.69) is 4.98 Å². The Bertz CT molecular complexity index is 436. The van der Waals surface area contributed by atoms with Crippen LogP contribution >= 0.6 is 23.2 Å². The largest absolute Gasteiger partial charge is 0.461 e. The zero-order valence-electron chi connectivity index (χ0n) is 6.92. The lowest BCUT2D eigenvalue weighted by Crippen LogP contribution is -1.88. The van der Waals surface area contributed by atoms with Crippen molar-refractivity contribution in [2.75, 3.05) is 0 Å². The molecule has 0 saturated heterocycles. The Morgan fingerprint density at radius 1 is 1.54 bits per heavy atom. The number of fused-ring (bicyclic) bond motifs is 1. The molecule has 0 radical (unpaired) electrons. The predicted octanol–water partition coefficient (Wildman–Crippen LogP) is 3.78. The molecule has 0 saturated carbocycles. The monoisotopic (exact) mass is 215 g/mol. The number of hydrogen-bond donors (Lipinski definition) is 0. The number of alkyl halides is 1. The number of halogens is 2. The maximum atomic E-state index is 5.89. The van der Waals surface area contributed by atoms with Crippen molar-refractivity contribution >= 4 is 34.2 Å². The van der Waals surface area contributed by atoms with Gasteiger partial charge in [0.05, 0.1) is 22.3 Å². The van der Waals surface area contributed by atoms with Crippen molar-refractivity contribution in [3.8, 4) is 0 Å². The van der Waals surface area contributed by atoms with Crippen LogP contribution in [0.5, 0.6) is 0 Å². The Labute approximate surface area is 85.5 Å². The minimum atomic E-state index is -0.115. The van der Waals surface area contributed by atoms with Gasteiger partial charge in [-0.05, 0) is 13.0 Å². The van der Waals surface area contributed by atoms with Crippen molar-refractivity contribution in [2.45, 2.75) is 12.3 Å². The Balaban J connectivity index is 2.66. The van der Waals surface area contributed by atoms with Crippen LogP contribution in [0.25, 0.3) is 11.0 Å². The molecule has 2 nitrogen and oxygen atoms in total. The molecule has 0 aliphatic rings. The first-order valence-corrected chi connectivity index (χ1v) is 4.66. The molecule has 0 N–H and O–H groups in total. The highest BCUT2D eigenvalue weighted by atomic mass is 35.5. The summed E-state index contributed by atoms with van der Waals surface area (Å²) in [4.78, 5) is 4.14. The first-order chi connectivity index (χ1) is 6.18. The smallest absolute Gasteiger partial charge is 0.153 e. The number of furan rings is 1. The first-order valence-electron chi connectivity index (χ1n) is 3.85. The molecule has 0 bridgehead atoms. The van der Waals surface area contributed by atoms with Gasteiger partial charge in [0.1, 0.15) is 6.26 Å². The summed E-state index contributed by atoms with van der Waals surface area (Å²) < 4.78 is 5.15. The quantitative estimate of drug-likeness (QED) is 0.678. The van der Waals surface area contributed by atoms with Gasteiger partial charge >= 0.3 is 0 Å². The van der Waals surface area contributed by atoms with E-state index >= 15 is 0 Å². The summed E-state index contributed by atoms with van der Waals surface area (Å²) in [5.41, 5.74) is 1.49. The topological polar surface area (TPSA) is 26.0 Å². The molecule has 13 heavy (non-hydrogen) atoms. The molecule has 0 aliphatic heterocycles. The third-order valence-electron chi connectivity index (χ3n) is 1.84. The van der Waals surface area contributed by atoms with Crippen molar-refractivity contribution in [2.24, 2.45) is 0 Å². The molecule has 2 rings (SSSR count). The van der Waals surface area contributed by atoms with Crippen molar-refractivity contribution in [3.63, 3.8) is 0 Å². The second-order valence-corrected chi connectivity index (χ2v) is 3.87. The highest BCUT2D eigenvalue weighted by Gasteiger charge is 2.08. The molecule has 0 amide bonds. The Kier molecular flexibility index (Phi) is 2.18. The van der Waals surface area contributed by atoms with Gasteiger partial charge in [-0.15, -0.1) is 11.6 Å². The van der Waals surface area contributed by atoms with Gasteiger partial charge in [-0.25, -0.2) is 0 Å². The molecule has 2 aromatic rings. The minimum Gasteiger partial charge on any atom is -0.461 e. The molecule has 2 heterocycles. The van der Waals surface area contributed by atoms with Crippen LogP contribution < -0.4 is 0 Å². The van der Waals surface area contributed by atoms with Crippen molar-refractivity contribution in [1.82, 2.24) is 4.98 Å². The number of rotatable bonds is 1. The molecular formula is C9H7Cl2NO. The number of nitrogens with zero attached hydrogens (tertiary/aromatic N) is 1. The first kappa shape index (κ1) is 8.85. The molecule has 0 aliphatic carbocycles. The molecule has 0 fully saturated rings. The lowest BCUT2D eigenvalue weighted by atomic mass is 10.2. The number of hydrogen-bond acceptors (Lipinski definition) is 2. The summed E-state index contributed by atoms with van der Waals surface area (Å²) >= 11 is 11.8. The van der Waals surface area contributed by atoms with Crippen LogP contribution in [0.3, 0.4) is 0 Å². The SMILES string of the molecule is CC(Cl)c1cc2c(Cl)coc2cn1. The number of pyridine rings is 1. The summed E-state index contributed by atoms with van der Waals surface area (Å²) in [5.74, 6) is 0. The van der Waals surface area contributed by atoms with Crippen LogP contribution in [0.2, 0.25) is 5.02 Å². The van der Waals surface area contributed by atoms with E-state index in [-0.39, 0.29) is 5.38 Å². The second-order valence-electron chi connectivity index (χ2n) is 2.80. The summed E-state index contributed by atoms with van der Waals surface area (Å²) in [5, 5.41) is 1.34. The lowest BCUT2D eigenvalue weighted by molar-refractivity contribution is 0.614. The number of aromatic nitrogens is 1. The van der Waals surface area contributed by atoms with Gasteiger partial charge in [0, 0.05) is 5.39 Å². The van der Waals surface area contributed by atoms with Crippen LogP contribution in [0.15, 0.2) is 22.9 Å². The average molecular weight is 216 g/mol. The molecular weight excluding hydrogens is 209 g/mol. The average Bonchev–Trinajstić information content (AvgIpc) is 2.47. The Hall–Kier alpha value is -0.730. The van der Waals surface area contributed by atoms with Crippen molar-refractivity contribution in [3.05, 3.63) is 29.2 Å². The van der Waals surface area contributed by atoms with E-state index in [1.807, 2.05) is 13.0 Å². The lowest BCUT2D eigenvalue weighted by Gasteiger charge is -2.00. The van der Waals surface area contributed by atoms with Crippen LogP contribution in [0, 0.1) is 0 Å². The van der Waals surface area contributed by atoms with Gasteiger partial charge in [0.15, 0.2) is 5.58 Å². The van der Waals surface area contributed by atoms with E-state index < -0.39 is 0 Å². The zero-order chi connectivity index (χ0) is 9.42.